The molecule has 1 amide bonds. The lowest BCUT2D eigenvalue weighted by molar-refractivity contribution is 0.0756. The molecular formula is C21H20N2O3S. The normalized spacial score (nSPS) is 16.5. The number of carbonyl (C=O) groups excluding carboxylic acids is 1. The number of amides is 1. The highest BCUT2D eigenvalue weighted by Crippen LogP contribution is 2.41. The molecule has 6 heteroatoms. The van der Waals surface area contributed by atoms with Crippen LogP contribution in [0.5, 0.6) is 11.5 Å². The van der Waals surface area contributed by atoms with Gasteiger partial charge in [0.1, 0.15) is 11.1 Å². The predicted molar refractivity (Wildman–Crippen MR) is 108 cm³/mol. The Bertz CT molecular complexity index is 987. The largest absolute Gasteiger partial charge is 0.493 e. The van der Waals surface area contributed by atoms with Crippen molar-refractivity contribution in [3.8, 4) is 11.5 Å². The van der Waals surface area contributed by atoms with E-state index in [-0.39, 0.29) is 11.3 Å². The summed E-state index contributed by atoms with van der Waals surface area (Å²) in [6.07, 6.45) is 1.70. The average molecular weight is 380 g/mol. The van der Waals surface area contributed by atoms with Gasteiger partial charge in [0.15, 0.2) is 11.5 Å². The first-order chi connectivity index (χ1) is 13.2. The number of ether oxygens (including phenoxy) is 2. The second kappa shape index (κ2) is 7.48. The van der Waals surface area contributed by atoms with Crippen LogP contribution in [0.15, 0.2) is 54.7 Å². The van der Waals surface area contributed by atoms with Crippen molar-refractivity contribution in [2.24, 2.45) is 0 Å². The Hall–Kier alpha value is -2.73. The Morgan fingerprint density at radius 2 is 1.93 bits per heavy atom. The zero-order valence-corrected chi connectivity index (χ0v) is 16.0. The zero-order chi connectivity index (χ0) is 18.8. The van der Waals surface area contributed by atoms with Crippen LogP contribution in [0.25, 0.3) is 10.8 Å². The monoisotopic (exact) mass is 380 g/mol. The number of thioether (sulfide) groups is 1. The van der Waals surface area contributed by atoms with E-state index in [0.29, 0.717) is 23.7 Å². The smallest absolute Gasteiger partial charge is 0.274 e. The van der Waals surface area contributed by atoms with Gasteiger partial charge in [-0.2, -0.15) is 0 Å². The second-order valence-corrected chi connectivity index (χ2v) is 7.40. The van der Waals surface area contributed by atoms with E-state index in [4.69, 9.17) is 9.47 Å². The van der Waals surface area contributed by atoms with E-state index in [1.54, 1.807) is 32.2 Å². The number of carbonyl (C=O) groups is 1. The number of fused-ring (bicyclic) bond motifs is 1. The van der Waals surface area contributed by atoms with Crippen molar-refractivity contribution in [3.63, 3.8) is 0 Å². The van der Waals surface area contributed by atoms with Crippen LogP contribution in [0, 0.1) is 0 Å². The molecule has 1 fully saturated rings. The number of hydrogen-bond acceptors (Lipinski definition) is 5. The standard InChI is InChI=1S/C21H20N2O3S/c1-25-17-8-7-15(13-18(17)26-2)21-23(11-12-27-21)20(24)19-16-6-4-3-5-14(16)9-10-22-19/h3-10,13,21H,11-12H2,1-2H3. The second-order valence-electron chi connectivity index (χ2n) is 6.22. The summed E-state index contributed by atoms with van der Waals surface area (Å²) in [4.78, 5) is 19.6. The van der Waals surface area contributed by atoms with E-state index in [1.165, 1.54) is 0 Å². The molecule has 2 heterocycles. The molecule has 1 unspecified atom stereocenters. The Kier molecular flexibility index (Phi) is 4.90. The highest BCUT2D eigenvalue weighted by molar-refractivity contribution is 7.99. The van der Waals surface area contributed by atoms with Crippen molar-refractivity contribution in [2.45, 2.75) is 5.37 Å². The van der Waals surface area contributed by atoms with Crippen LogP contribution in [0.1, 0.15) is 21.4 Å². The van der Waals surface area contributed by atoms with Crippen LogP contribution >= 0.6 is 11.8 Å². The number of aromatic nitrogens is 1. The van der Waals surface area contributed by atoms with Gasteiger partial charge in [0.25, 0.3) is 5.91 Å². The summed E-state index contributed by atoms with van der Waals surface area (Å²) in [5.41, 5.74) is 1.52. The molecule has 0 bridgehead atoms. The number of hydrogen-bond donors (Lipinski definition) is 0. The minimum atomic E-state index is -0.0712. The van der Waals surface area contributed by atoms with E-state index in [1.807, 2.05) is 53.4 Å². The molecule has 27 heavy (non-hydrogen) atoms. The lowest BCUT2D eigenvalue weighted by Crippen LogP contribution is -2.31. The maximum Gasteiger partial charge on any atom is 0.274 e. The third-order valence-corrected chi connectivity index (χ3v) is 5.98. The number of nitrogens with zero attached hydrogens (tertiary/aromatic N) is 2. The maximum absolute atomic E-state index is 13.3. The number of methoxy groups -OCH3 is 2. The summed E-state index contributed by atoms with van der Waals surface area (Å²) in [5, 5.41) is 1.83. The third-order valence-electron chi connectivity index (χ3n) is 4.72. The van der Waals surface area contributed by atoms with Crippen molar-refractivity contribution in [3.05, 3.63) is 66.0 Å². The van der Waals surface area contributed by atoms with E-state index >= 15 is 0 Å². The van der Waals surface area contributed by atoms with Gasteiger partial charge in [0.05, 0.1) is 14.2 Å². The summed E-state index contributed by atoms with van der Waals surface area (Å²) in [6, 6.07) is 15.6. The first-order valence-electron chi connectivity index (χ1n) is 8.71. The summed E-state index contributed by atoms with van der Waals surface area (Å²) >= 11 is 1.75. The van der Waals surface area contributed by atoms with Crippen LogP contribution < -0.4 is 9.47 Å². The van der Waals surface area contributed by atoms with Gasteiger partial charge in [-0.15, -0.1) is 11.8 Å². The number of benzene rings is 2. The van der Waals surface area contributed by atoms with Crippen molar-refractivity contribution in [1.29, 1.82) is 0 Å². The molecule has 0 aliphatic carbocycles. The molecular weight excluding hydrogens is 360 g/mol. The highest BCUT2D eigenvalue weighted by atomic mass is 32.2. The first-order valence-corrected chi connectivity index (χ1v) is 9.76. The fraction of sp³-hybridized carbons (Fsp3) is 0.238. The fourth-order valence-electron chi connectivity index (χ4n) is 3.39. The van der Waals surface area contributed by atoms with Gasteiger partial charge in [-0.05, 0) is 29.1 Å². The third kappa shape index (κ3) is 3.21. The molecule has 0 saturated carbocycles. The Morgan fingerprint density at radius 3 is 2.74 bits per heavy atom. The summed E-state index contributed by atoms with van der Waals surface area (Å²) in [5.74, 6) is 2.18. The Balaban J connectivity index is 1.70. The van der Waals surface area contributed by atoms with Crippen molar-refractivity contribution < 1.29 is 14.3 Å². The summed E-state index contributed by atoms with van der Waals surface area (Å²) < 4.78 is 10.7. The van der Waals surface area contributed by atoms with E-state index in [0.717, 1.165) is 22.1 Å². The van der Waals surface area contributed by atoms with E-state index in [9.17, 15) is 4.79 Å². The highest BCUT2D eigenvalue weighted by Gasteiger charge is 2.33. The maximum atomic E-state index is 13.3. The van der Waals surface area contributed by atoms with Gasteiger partial charge in [-0.1, -0.05) is 30.3 Å². The van der Waals surface area contributed by atoms with Crippen molar-refractivity contribution in [2.75, 3.05) is 26.5 Å². The molecule has 1 saturated heterocycles. The quantitative estimate of drug-likeness (QED) is 0.681. The van der Waals surface area contributed by atoms with Gasteiger partial charge in [-0.3, -0.25) is 9.78 Å². The Morgan fingerprint density at radius 1 is 1.11 bits per heavy atom. The molecule has 2 aromatic carbocycles. The van der Waals surface area contributed by atoms with E-state index in [2.05, 4.69) is 4.98 Å². The molecule has 1 aliphatic rings. The fourth-order valence-corrected chi connectivity index (χ4v) is 4.63. The van der Waals surface area contributed by atoms with Crippen molar-refractivity contribution in [1.82, 2.24) is 9.88 Å². The van der Waals surface area contributed by atoms with Crippen LogP contribution in [-0.2, 0) is 0 Å². The lowest BCUT2D eigenvalue weighted by Gasteiger charge is -2.25. The molecule has 0 radical (unpaired) electrons. The van der Waals surface area contributed by atoms with Gasteiger partial charge in [0.2, 0.25) is 0 Å². The minimum Gasteiger partial charge on any atom is -0.493 e. The molecule has 4 rings (SSSR count). The van der Waals surface area contributed by atoms with Crippen LogP contribution in [-0.4, -0.2) is 42.3 Å². The summed E-state index contributed by atoms with van der Waals surface area (Å²) in [7, 11) is 3.23. The minimum absolute atomic E-state index is 0.0448. The van der Waals surface area contributed by atoms with Crippen molar-refractivity contribution >= 4 is 28.4 Å². The molecule has 0 N–H and O–H groups in total. The number of pyridine rings is 1. The molecule has 1 atom stereocenters. The summed E-state index contributed by atoms with van der Waals surface area (Å²) in [6.45, 7) is 0.688. The van der Waals surface area contributed by atoms with Gasteiger partial charge in [-0.25, -0.2) is 0 Å². The Labute approximate surface area is 162 Å². The molecule has 138 valence electrons. The first kappa shape index (κ1) is 17.7. The average Bonchev–Trinajstić information content (AvgIpc) is 3.22. The van der Waals surface area contributed by atoms with Crippen LogP contribution in [0.2, 0.25) is 0 Å². The molecule has 1 aromatic heterocycles. The van der Waals surface area contributed by atoms with Gasteiger partial charge >= 0.3 is 0 Å². The lowest BCUT2D eigenvalue weighted by atomic mass is 10.1. The topological polar surface area (TPSA) is 51.7 Å². The van der Waals surface area contributed by atoms with Crippen LogP contribution in [0.4, 0.5) is 0 Å². The SMILES string of the molecule is COc1ccc(C2SCCN2C(=O)c2nccc3ccccc23)cc1OC. The van der Waals surface area contributed by atoms with Gasteiger partial charge in [0, 0.05) is 23.9 Å². The molecule has 0 spiro atoms. The zero-order valence-electron chi connectivity index (χ0n) is 15.2. The molecule has 3 aromatic rings. The predicted octanol–water partition coefficient (Wildman–Crippen LogP) is 4.14. The number of rotatable bonds is 4. The van der Waals surface area contributed by atoms with Crippen LogP contribution in [0.3, 0.4) is 0 Å². The van der Waals surface area contributed by atoms with E-state index < -0.39 is 0 Å². The molecule has 1 aliphatic heterocycles. The van der Waals surface area contributed by atoms with Gasteiger partial charge < -0.3 is 14.4 Å². The molecule has 5 nitrogen and oxygen atoms in total.